The van der Waals surface area contributed by atoms with E-state index < -0.39 is 18.0 Å². The van der Waals surface area contributed by atoms with Crippen LogP contribution in [0.3, 0.4) is 0 Å². The van der Waals surface area contributed by atoms with E-state index in [1.807, 2.05) is 32.3 Å². The first-order valence-electron chi connectivity index (χ1n) is 6.77. The highest BCUT2D eigenvalue weighted by molar-refractivity contribution is 6.05. The summed E-state index contributed by atoms with van der Waals surface area (Å²) < 4.78 is 0. The third kappa shape index (κ3) is 2.77. The molecule has 0 unspecified atom stereocenters. The summed E-state index contributed by atoms with van der Waals surface area (Å²) in [6.45, 7) is 0.774. The fourth-order valence-electron chi connectivity index (χ4n) is 2.26. The highest BCUT2D eigenvalue weighted by Gasteiger charge is 2.27. The molecule has 2 heterocycles. The van der Waals surface area contributed by atoms with Crippen LogP contribution in [0.5, 0.6) is 0 Å². The van der Waals surface area contributed by atoms with Gasteiger partial charge in [-0.3, -0.25) is 15.2 Å². The summed E-state index contributed by atoms with van der Waals surface area (Å²) in [5.41, 5.74) is 2.61. The van der Waals surface area contributed by atoms with E-state index in [9.17, 15) is 9.59 Å². The second-order valence-electron chi connectivity index (χ2n) is 5.34. The monoisotopic (exact) mass is 297 g/mol. The van der Waals surface area contributed by atoms with Crippen molar-refractivity contribution in [3.8, 4) is 11.8 Å². The van der Waals surface area contributed by atoms with E-state index in [1.165, 1.54) is 0 Å². The predicted molar refractivity (Wildman–Crippen MR) is 80.8 cm³/mol. The molecule has 3 N–H and O–H groups in total. The zero-order valence-electron chi connectivity index (χ0n) is 12.2. The summed E-state index contributed by atoms with van der Waals surface area (Å²) in [4.78, 5) is 24.5. The number of H-pyrrole nitrogens is 1. The number of benzene rings is 1. The van der Waals surface area contributed by atoms with Crippen molar-refractivity contribution in [2.24, 2.45) is 0 Å². The van der Waals surface area contributed by atoms with Gasteiger partial charge in [-0.25, -0.2) is 4.79 Å². The number of carbonyl (C=O) groups excluding carboxylic acids is 2. The molecular weight excluding hydrogens is 282 g/mol. The summed E-state index contributed by atoms with van der Waals surface area (Å²) in [5.74, 6) is 5.21. The van der Waals surface area contributed by atoms with E-state index in [4.69, 9.17) is 0 Å². The van der Waals surface area contributed by atoms with E-state index in [1.54, 1.807) is 0 Å². The Morgan fingerprint density at radius 2 is 2.14 bits per heavy atom. The first-order chi connectivity index (χ1) is 10.5. The highest BCUT2D eigenvalue weighted by Crippen LogP contribution is 2.18. The first kappa shape index (κ1) is 14.1. The van der Waals surface area contributed by atoms with Gasteiger partial charge in [-0.15, -0.1) is 0 Å². The van der Waals surface area contributed by atoms with Crippen LogP contribution in [0.15, 0.2) is 18.2 Å². The van der Waals surface area contributed by atoms with Crippen LogP contribution in [0.1, 0.15) is 11.3 Å². The third-order valence-corrected chi connectivity index (χ3v) is 3.24. The highest BCUT2D eigenvalue weighted by atomic mass is 16.2. The van der Waals surface area contributed by atoms with Crippen LogP contribution in [0.25, 0.3) is 10.9 Å². The van der Waals surface area contributed by atoms with Crippen LogP contribution in [-0.4, -0.2) is 47.2 Å². The molecule has 0 spiro atoms. The minimum atomic E-state index is -0.799. The molecule has 22 heavy (non-hydrogen) atoms. The van der Waals surface area contributed by atoms with Crippen molar-refractivity contribution in [3.63, 3.8) is 0 Å². The van der Waals surface area contributed by atoms with Crippen molar-refractivity contribution in [1.29, 1.82) is 0 Å². The maximum atomic E-state index is 11.4. The molecule has 0 radical (unpaired) electrons. The number of hydrogen-bond donors (Lipinski definition) is 3. The largest absolute Gasteiger partial charge is 0.322 e. The Bertz CT molecular complexity index is 812. The van der Waals surface area contributed by atoms with E-state index in [0.29, 0.717) is 0 Å². The number of amides is 3. The molecule has 1 fully saturated rings. The lowest BCUT2D eigenvalue weighted by molar-refractivity contribution is -0.119. The minimum absolute atomic E-state index is 0.424. The Hall–Kier alpha value is -2.85. The van der Waals surface area contributed by atoms with Gasteiger partial charge in [-0.2, -0.15) is 5.10 Å². The summed E-state index contributed by atoms with van der Waals surface area (Å²) in [7, 11) is 3.99. The molecule has 1 saturated heterocycles. The molecule has 3 rings (SSSR count). The molecule has 2 aromatic rings. The number of rotatable bonds is 2. The second-order valence-corrected chi connectivity index (χ2v) is 5.34. The number of aromatic nitrogens is 2. The molecule has 7 nitrogen and oxygen atoms in total. The minimum Gasteiger partial charge on any atom is -0.316 e. The molecule has 1 aliphatic rings. The number of nitrogens with one attached hydrogen (secondary N) is 3. The first-order valence-corrected chi connectivity index (χ1v) is 6.77. The molecule has 1 aliphatic heterocycles. The standard InChI is InChI=1S/C15H15N5O2/c1-20(2)8-13-10-5-3-9(7-12(10)18-19-13)4-6-11-14(21)17-15(22)16-11/h3,5,7,11H,8H2,1-2H3,(H,18,19)(H2,16,17,21,22)/t11-/m0/s1. The van der Waals surface area contributed by atoms with Gasteiger partial charge < -0.3 is 10.2 Å². The van der Waals surface area contributed by atoms with E-state index in [0.717, 1.165) is 28.7 Å². The lowest BCUT2D eigenvalue weighted by Gasteiger charge is -2.07. The van der Waals surface area contributed by atoms with Crippen molar-refractivity contribution in [2.45, 2.75) is 12.6 Å². The summed E-state index contributed by atoms with van der Waals surface area (Å²) in [6.07, 6.45) is 0. The maximum Gasteiger partial charge on any atom is 0.322 e. The molecule has 1 atom stereocenters. The van der Waals surface area contributed by atoms with Crippen LogP contribution in [0.2, 0.25) is 0 Å². The number of aromatic amines is 1. The number of imide groups is 1. The number of urea groups is 1. The summed E-state index contributed by atoms with van der Waals surface area (Å²) in [6, 6.07) is 4.37. The van der Waals surface area contributed by atoms with Gasteiger partial charge in [0.25, 0.3) is 5.91 Å². The normalized spacial score (nSPS) is 17.3. The lowest BCUT2D eigenvalue weighted by atomic mass is 10.1. The average Bonchev–Trinajstić information content (AvgIpc) is 2.99. The molecule has 1 aromatic heterocycles. The average molecular weight is 297 g/mol. The van der Waals surface area contributed by atoms with E-state index in [2.05, 4.69) is 37.6 Å². The SMILES string of the molecule is CN(C)Cc1[nH]nc2cc(C#C[C@@H]3NC(=O)NC3=O)ccc12. The summed E-state index contributed by atoms with van der Waals surface area (Å²) in [5, 5.41) is 12.9. The number of fused-ring (bicyclic) bond motifs is 1. The van der Waals surface area contributed by atoms with Gasteiger partial charge in [0.1, 0.15) is 0 Å². The topological polar surface area (TPSA) is 90.1 Å². The smallest absolute Gasteiger partial charge is 0.316 e. The Kier molecular flexibility index (Phi) is 3.53. The van der Waals surface area contributed by atoms with E-state index >= 15 is 0 Å². The zero-order chi connectivity index (χ0) is 15.7. The number of nitrogens with zero attached hydrogens (tertiary/aromatic N) is 2. The van der Waals surface area contributed by atoms with Crippen LogP contribution in [0, 0.1) is 11.8 Å². The Morgan fingerprint density at radius 1 is 1.32 bits per heavy atom. The van der Waals surface area contributed by atoms with Crippen LogP contribution in [0.4, 0.5) is 4.79 Å². The van der Waals surface area contributed by atoms with Gasteiger partial charge in [0, 0.05) is 17.5 Å². The van der Waals surface area contributed by atoms with Crippen LogP contribution in [-0.2, 0) is 11.3 Å². The molecule has 0 bridgehead atoms. The number of hydrogen-bond acceptors (Lipinski definition) is 4. The van der Waals surface area contributed by atoms with Crippen molar-refractivity contribution in [2.75, 3.05) is 14.1 Å². The number of carbonyl (C=O) groups is 2. The third-order valence-electron chi connectivity index (χ3n) is 3.24. The Balaban J connectivity index is 1.84. The van der Waals surface area contributed by atoms with Gasteiger partial charge in [0.15, 0.2) is 6.04 Å². The predicted octanol–water partition coefficient (Wildman–Crippen LogP) is 0.184. The molecular formula is C15H15N5O2. The fraction of sp³-hybridized carbons (Fsp3) is 0.267. The van der Waals surface area contributed by atoms with Crippen LogP contribution >= 0.6 is 0 Å². The lowest BCUT2D eigenvalue weighted by Crippen LogP contribution is -2.26. The zero-order valence-corrected chi connectivity index (χ0v) is 12.2. The molecule has 1 aromatic carbocycles. The molecule has 112 valence electrons. The Morgan fingerprint density at radius 3 is 2.82 bits per heavy atom. The van der Waals surface area contributed by atoms with Crippen LogP contribution < -0.4 is 10.6 Å². The molecule has 3 amide bonds. The quantitative estimate of drug-likeness (QED) is 0.545. The van der Waals surface area contributed by atoms with Gasteiger partial charge in [0.05, 0.1) is 11.2 Å². The van der Waals surface area contributed by atoms with Crippen molar-refractivity contribution >= 4 is 22.8 Å². The summed E-state index contributed by atoms with van der Waals surface area (Å²) >= 11 is 0. The van der Waals surface area contributed by atoms with Crippen molar-refractivity contribution in [3.05, 3.63) is 29.5 Å². The van der Waals surface area contributed by atoms with Gasteiger partial charge in [-0.05, 0) is 32.3 Å². The van der Waals surface area contributed by atoms with E-state index in [-0.39, 0.29) is 0 Å². The van der Waals surface area contributed by atoms with Crippen molar-refractivity contribution in [1.82, 2.24) is 25.7 Å². The van der Waals surface area contributed by atoms with Gasteiger partial charge >= 0.3 is 6.03 Å². The van der Waals surface area contributed by atoms with Gasteiger partial charge in [-0.1, -0.05) is 11.8 Å². The molecule has 0 aliphatic carbocycles. The maximum absolute atomic E-state index is 11.4. The second kappa shape index (κ2) is 5.50. The van der Waals surface area contributed by atoms with Gasteiger partial charge in [0.2, 0.25) is 0 Å². The Labute approximate surface area is 127 Å². The molecule has 0 saturated carbocycles. The van der Waals surface area contributed by atoms with Crippen molar-refractivity contribution < 1.29 is 9.59 Å². The fourth-order valence-corrected chi connectivity index (χ4v) is 2.26. The molecule has 7 heteroatoms.